The van der Waals surface area contributed by atoms with Crippen molar-refractivity contribution in [3.63, 3.8) is 0 Å². The van der Waals surface area contributed by atoms with Gasteiger partial charge in [-0.25, -0.2) is 0 Å². The molecule has 105 heavy (non-hydrogen) atoms. The third-order valence-electron chi connectivity index (χ3n) is 18.0. The minimum atomic E-state index is 0.494. The number of nitrogens with zero attached hydrogens (tertiary/aromatic N) is 4. The van der Waals surface area contributed by atoms with Gasteiger partial charge in [0.05, 0.1) is 39.6 Å². The molecule has 10 nitrogen and oxygen atoms in total. The SMILES string of the molecule is CCCCOCCOCCOc1c(C)sc(C)c1OCCOCCOCCCC.c1ccc(N(c2ccccc2)c2ccc(-c3ccc(N(c4ccccc4)c4ccc(-c5ccc(N(c6ccccc6)c6ccc(-c7ccc(N(c8ccccc8)c8ccccc8)cc7)cc6)cc5)cc4)cc3)cc2)cc1. The predicted octanol–water partition coefficient (Wildman–Crippen LogP) is 25.4. The Morgan fingerprint density at radius 2 is 0.381 bits per heavy atom. The number of aryl methyl sites for hydroxylation is 2. The molecule has 0 unspecified atom stereocenters. The van der Waals surface area contributed by atoms with Gasteiger partial charge in [-0.3, -0.25) is 0 Å². The Labute approximate surface area is 625 Å². The molecule has 0 atom stereocenters. The lowest BCUT2D eigenvalue weighted by molar-refractivity contribution is 0.0324. The highest BCUT2D eigenvalue weighted by molar-refractivity contribution is 7.12. The van der Waals surface area contributed by atoms with Crippen molar-refractivity contribution in [3.05, 3.63) is 337 Å². The molecule has 0 fully saturated rings. The number of unbranched alkanes of at least 4 members (excludes halogenated alkanes) is 2. The first-order chi connectivity index (χ1) is 51.9. The molecule has 0 aliphatic carbocycles. The van der Waals surface area contributed by atoms with Crippen LogP contribution in [0.25, 0.3) is 33.4 Å². The molecule has 1 aromatic heterocycles. The first-order valence-corrected chi connectivity index (χ1v) is 37.5. The summed E-state index contributed by atoms with van der Waals surface area (Å²) in [6.45, 7) is 14.5. The number of anilines is 12. The van der Waals surface area contributed by atoms with Crippen LogP contribution in [-0.2, 0) is 18.9 Å². The second-order valence-corrected chi connectivity index (χ2v) is 26.8. The van der Waals surface area contributed by atoms with E-state index >= 15 is 0 Å². The molecule has 0 radical (unpaired) electrons. The fraction of sp³-hybridized carbons (Fsp3) is 0.191. The zero-order chi connectivity index (χ0) is 72.0. The maximum atomic E-state index is 5.93. The van der Waals surface area contributed by atoms with Crippen LogP contribution in [0, 0.1) is 13.8 Å². The van der Waals surface area contributed by atoms with Crippen LogP contribution in [0.4, 0.5) is 68.2 Å². The summed E-state index contributed by atoms with van der Waals surface area (Å²) < 4.78 is 33.9. The van der Waals surface area contributed by atoms with Crippen molar-refractivity contribution in [2.24, 2.45) is 0 Å². The van der Waals surface area contributed by atoms with E-state index in [1.54, 1.807) is 11.3 Å². The smallest absolute Gasteiger partial charge is 0.175 e. The molecule has 1 heterocycles. The monoisotopic (exact) mass is 1410 g/mol. The van der Waals surface area contributed by atoms with Crippen LogP contribution in [-0.4, -0.2) is 66.1 Å². The fourth-order valence-electron chi connectivity index (χ4n) is 12.6. The van der Waals surface area contributed by atoms with Gasteiger partial charge in [0.15, 0.2) is 11.5 Å². The van der Waals surface area contributed by atoms with Gasteiger partial charge in [-0.05, 0) is 206 Å². The van der Waals surface area contributed by atoms with Crippen molar-refractivity contribution in [1.29, 1.82) is 0 Å². The number of hydrogen-bond acceptors (Lipinski definition) is 11. The summed E-state index contributed by atoms with van der Waals surface area (Å²) in [7, 11) is 0. The van der Waals surface area contributed by atoms with Crippen molar-refractivity contribution < 1.29 is 28.4 Å². The van der Waals surface area contributed by atoms with Crippen LogP contribution >= 0.6 is 11.3 Å². The minimum Gasteiger partial charge on any atom is -0.486 e. The predicted molar refractivity (Wildman–Crippen MR) is 439 cm³/mol. The molecule has 13 aromatic rings. The molecule has 0 bridgehead atoms. The third-order valence-corrected chi connectivity index (χ3v) is 19.0. The second-order valence-electron chi connectivity index (χ2n) is 25.4. The molecule has 0 N–H and O–H groups in total. The van der Waals surface area contributed by atoms with Crippen molar-refractivity contribution in [2.45, 2.75) is 53.4 Å². The number of ether oxygens (including phenoxy) is 6. The van der Waals surface area contributed by atoms with E-state index in [4.69, 9.17) is 28.4 Å². The van der Waals surface area contributed by atoms with E-state index < -0.39 is 0 Å². The summed E-state index contributed by atoms with van der Waals surface area (Å²) in [6.07, 6.45) is 4.50. The topological polar surface area (TPSA) is 68.3 Å². The Balaban J connectivity index is 0.000000302. The molecule has 0 amide bonds. The number of hydrogen-bond donors (Lipinski definition) is 0. The molecule has 0 saturated heterocycles. The van der Waals surface area contributed by atoms with Gasteiger partial charge in [-0.15, -0.1) is 11.3 Å². The Morgan fingerprint density at radius 3 is 0.571 bits per heavy atom. The van der Waals surface area contributed by atoms with Gasteiger partial charge in [-0.1, -0.05) is 209 Å². The summed E-state index contributed by atoms with van der Waals surface area (Å²) in [5, 5.41) is 0. The highest BCUT2D eigenvalue weighted by Crippen LogP contribution is 2.44. The highest BCUT2D eigenvalue weighted by Gasteiger charge is 2.20. The molecule has 12 aromatic carbocycles. The van der Waals surface area contributed by atoms with Crippen molar-refractivity contribution in [2.75, 3.05) is 85.7 Å². The van der Waals surface area contributed by atoms with E-state index in [1.165, 1.54) is 0 Å². The average molecular weight is 1410 g/mol. The quantitative estimate of drug-likeness (QED) is 0.0359. The summed E-state index contributed by atoms with van der Waals surface area (Å²) in [6, 6.07) is 117. The van der Waals surface area contributed by atoms with Gasteiger partial charge >= 0.3 is 0 Å². The normalized spacial score (nSPS) is 11.0. The largest absolute Gasteiger partial charge is 0.486 e. The van der Waals surface area contributed by atoms with E-state index in [0.29, 0.717) is 52.9 Å². The molecule has 532 valence electrons. The van der Waals surface area contributed by atoms with Crippen LogP contribution in [0.1, 0.15) is 49.3 Å². The maximum Gasteiger partial charge on any atom is 0.175 e. The highest BCUT2D eigenvalue weighted by atomic mass is 32.1. The third kappa shape index (κ3) is 20.2. The zero-order valence-corrected chi connectivity index (χ0v) is 61.5. The first kappa shape index (κ1) is 73.7. The van der Waals surface area contributed by atoms with Crippen molar-refractivity contribution in [1.82, 2.24) is 0 Å². The lowest BCUT2D eigenvalue weighted by Crippen LogP contribution is -2.13. The van der Waals surface area contributed by atoms with E-state index in [-0.39, 0.29) is 0 Å². The lowest BCUT2D eigenvalue weighted by Gasteiger charge is -2.26. The molecule has 0 saturated carbocycles. The van der Waals surface area contributed by atoms with Gasteiger partial charge in [0.2, 0.25) is 0 Å². The van der Waals surface area contributed by atoms with E-state index in [9.17, 15) is 0 Å². The van der Waals surface area contributed by atoms with Gasteiger partial charge < -0.3 is 48.0 Å². The Morgan fingerprint density at radius 1 is 0.210 bits per heavy atom. The number of para-hydroxylation sites is 6. The summed E-state index contributed by atoms with van der Waals surface area (Å²) >= 11 is 1.68. The molecular weight excluding hydrogens is 1310 g/mol. The molecule has 0 aliphatic heterocycles. The van der Waals surface area contributed by atoms with Gasteiger partial charge in [0.25, 0.3) is 0 Å². The first-order valence-electron chi connectivity index (χ1n) is 36.7. The molecule has 11 heteroatoms. The summed E-state index contributed by atoms with van der Waals surface area (Å²) in [5.74, 6) is 1.64. The van der Waals surface area contributed by atoms with Gasteiger partial charge in [-0.2, -0.15) is 0 Å². The Bertz CT molecular complexity index is 4240. The maximum absolute atomic E-state index is 5.93. The molecular formula is C94H94N4O6S. The number of thiophene rings is 1. The van der Waals surface area contributed by atoms with Crippen LogP contribution in [0.5, 0.6) is 11.5 Å². The van der Waals surface area contributed by atoms with Crippen molar-refractivity contribution >= 4 is 79.6 Å². The fourth-order valence-corrected chi connectivity index (χ4v) is 13.5. The van der Waals surface area contributed by atoms with E-state index in [2.05, 4.69) is 361 Å². The Kier molecular flexibility index (Phi) is 27.4. The number of benzene rings is 12. The average Bonchev–Trinajstić information content (AvgIpc) is 1.66. The van der Waals surface area contributed by atoms with Crippen molar-refractivity contribution in [3.8, 4) is 44.9 Å². The molecule has 13 rings (SSSR count). The summed E-state index contributed by atoms with van der Waals surface area (Å²) in [4.78, 5) is 11.5. The Hall–Kier alpha value is -11.0. The molecule has 0 aliphatic rings. The van der Waals surface area contributed by atoms with E-state index in [0.717, 1.165) is 162 Å². The van der Waals surface area contributed by atoms with E-state index in [1.807, 2.05) is 13.8 Å². The lowest BCUT2D eigenvalue weighted by atomic mass is 10.0. The standard InChI is InChI=1S/C72H54N4.C22H40O6S/c1-7-19-61(20-8-1)73(62-21-9-2-10-22-62)67-43-31-55(32-44-67)57-35-47-69(48-36-57)75(65-27-15-5-16-28-65)71-51-39-59(40-52-71)60-41-53-72(54-42-60)76(66-29-17-6-18-30-66)70-49-37-58(38-50-70)56-33-45-68(46-34-56)74(63-23-11-3-12-24-63)64-25-13-4-14-26-64;1-5-7-9-23-11-13-25-15-17-27-21-19(3)29-20(4)22(21)28-18-16-26-14-12-24-10-8-6-2/h1-54H;5-18H2,1-4H3. The zero-order valence-electron chi connectivity index (χ0n) is 60.7. The van der Waals surface area contributed by atoms with Crippen LogP contribution in [0.3, 0.4) is 0 Å². The van der Waals surface area contributed by atoms with Gasteiger partial charge in [0.1, 0.15) is 13.2 Å². The summed E-state index contributed by atoms with van der Waals surface area (Å²) in [5.41, 5.74) is 20.2. The second kappa shape index (κ2) is 39.0. The van der Waals surface area contributed by atoms with Crippen LogP contribution in [0.15, 0.2) is 328 Å². The minimum absolute atomic E-state index is 0.494. The molecule has 0 spiro atoms. The van der Waals surface area contributed by atoms with Gasteiger partial charge in [0, 0.05) is 91.2 Å². The van der Waals surface area contributed by atoms with Crippen LogP contribution < -0.4 is 29.1 Å². The van der Waals surface area contributed by atoms with Crippen LogP contribution in [0.2, 0.25) is 0 Å². The number of rotatable bonds is 35.